The van der Waals surface area contributed by atoms with Crippen LogP contribution in [0.3, 0.4) is 0 Å². The van der Waals surface area contributed by atoms with Gasteiger partial charge in [-0.2, -0.15) is 0 Å². The molecule has 0 aromatic heterocycles. The highest BCUT2D eigenvalue weighted by atomic mass is 16.5. The van der Waals surface area contributed by atoms with E-state index in [1.165, 1.54) is 0 Å². The first-order chi connectivity index (χ1) is 6.35. The van der Waals surface area contributed by atoms with Crippen LogP contribution in [0, 0.1) is 0 Å². The molecule has 1 N–H and O–H groups in total. The van der Waals surface area contributed by atoms with Crippen molar-refractivity contribution in [2.75, 3.05) is 33.5 Å². The Balaban J connectivity index is 3.33. The Kier molecular flexibility index (Phi) is 9.87. The highest BCUT2D eigenvalue weighted by Crippen LogP contribution is 1.98. The molecule has 0 bridgehead atoms. The van der Waals surface area contributed by atoms with Gasteiger partial charge in [0.1, 0.15) is 0 Å². The molecule has 80 valence electrons. The summed E-state index contributed by atoms with van der Waals surface area (Å²) in [6.45, 7) is 7.61. The van der Waals surface area contributed by atoms with E-state index in [9.17, 15) is 0 Å². The normalized spacial score (nSPS) is 13.2. The van der Waals surface area contributed by atoms with E-state index in [-0.39, 0.29) is 0 Å². The summed E-state index contributed by atoms with van der Waals surface area (Å²) in [6, 6.07) is 0.482. The van der Waals surface area contributed by atoms with Crippen molar-refractivity contribution in [1.29, 1.82) is 0 Å². The monoisotopic (exact) mass is 189 g/mol. The zero-order chi connectivity index (χ0) is 9.94. The Morgan fingerprint density at radius 1 is 1.31 bits per heavy atom. The molecule has 0 rings (SSSR count). The first kappa shape index (κ1) is 12.9. The van der Waals surface area contributed by atoms with E-state index >= 15 is 0 Å². The second-order valence-corrected chi connectivity index (χ2v) is 3.05. The number of nitrogens with one attached hydrogen (secondary N) is 1. The lowest BCUT2D eigenvalue weighted by Crippen LogP contribution is -2.33. The van der Waals surface area contributed by atoms with Crippen molar-refractivity contribution in [1.82, 2.24) is 5.32 Å². The summed E-state index contributed by atoms with van der Waals surface area (Å²) in [5.74, 6) is 0. The maximum absolute atomic E-state index is 5.27. The molecule has 0 spiro atoms. The third-order valence-corrected chi connectivity index (χ3v) is 1.91. The van der Waals surface area contributed by atoms with E-state index in [1.54, 1.807) is 7.11 Å². The average molecular weight is 189 g/mol. The zero-order valence-electron chi connectivity index (χ0n) is 9.14. The topological polar surface area (TPSA) is 30.5 Å². The van der Waals surface area contributed by atoms with Gasteiger partial charge >= 0.3 is 0 Å². The summed E-state index contributed by atoms with van der Waals surface area (Å²) >= 11 is 0. The molecular weight excluding hydrogens is 166 g/mol. The van der Waals surface area contributed by atoms with Crippen LogP contribution in [0.25, 0.3) is 0 Å². The molecule has 0 saturated heterocycles. The number of methoxy groups -OCH3 is 1. The van der Waals surface area contributed by atoms with Crippen LogP contribution in [0.5, 0.6) is 0 Å². The van der Waals surface area contributed by atoms with Gasteiger partial charge in [-0.05, 0) is 26.3 Å². The highest BCUT2D eigenvalue weighted by Gasteiger charge is 2.05. The molecule has 13 heavy (non-hydrogen) atoms. The fourth-order valence-corrected chi connectivity index (χ4v) is 1.31. The molecule has 0 radical (unpaired) electrons. The quantitative estimate of drug-likeness (QED) is 0.557. The predicted octanol–water partition coefficient (Wildman–Crippen LogP) is 1.43. The van der Waals surface area contributed by atoms with Crippen LogP contribution in [0.15, 0.2) is 0 Å². The van der Waals surface area contributed by atoms with E-state index < -0.39 is 0 Å². The Hall–Kier alpha value is -0.120. The molecule has 1 atom stereocenters. The van der Waals surface area contributed by atoms with Crippen LogP contribution in [0.2, 0.25) is 0 Å². The maximum atomic E-state index is 5.27. The van der Waals surface area contributed by atoms with Gasteiger partial charge in [-0.15, -0.1) is 0 Å². The molecular formula is C10H23NO2. The molecule has 0 aliphatic rings. The van der Waals surface area contributed by atoms with Crippen molar-refractivity contribution in [3.05, 3.63) is 0 Å². The minimum atomic E-state index is 0.482. The molecule has 0 saturated carbocycles. The number of likely N-dealkylation sites (N-methyl/N-ethyl adjacent to an activating group) is 1. The standard InChI is InChI=1S/C10H23NO2/c1-4-11-10(9-12-3)7-6-8-13-5-2/h10-11H,4-9H2,1-3H3. The molecule has 0 heterocycles. The van der Waals surface area contributed by atoms with E-state index in [4.69, 9.17) is 9.47 Å². The fourth-order valence-electron chi connectivity index (χ4n) is 1.31. The Labute approximate surface area is 81.8 Å². The lowest BCUT2D eigenvalue weighted by molar-refractivity contribution is 0.128. The predicted molar refractivity (Wildman–Crippen MR) is 55.1 cm³/mol. The van der Waals surface area contributed by atoms with Gasteiger partial charge in [0.2, 0.25) is 0 Å². The molecule has 0 fully saturated rings. The van der Waals surface area contributed by atoms with Gasteiger partial charge in [0.25, 0.3) is 0 Å². The zero-order valence-corrected chi connectivity index (χ0v) is 9.14. The van der Waals surface area contributed by atoms with Gasteiger partial charge < -0.3 is 14.8 Å². The lowest BCUT2D eigenvalue weighted by atomic mass is 10.2. The molecule has 3 nitrogen and oxygen atoms in total. The van der Waals surface area contributed by atoms with Gasteiger partial charge in [0.15, 0.2) is 0 Å². The third-order valence-electron chi connectivity index (χ3n) is 1.91. The second-order valence-electron chi connectivity index (χ2n) is 3.05. The van der Waals surface area contributed by atoms with Gasteiger partial charge in [0, 0.05) is 26.4 Å². The molecule has 1 unspecified atom stereocenters. The van der Waals surface area contributed by atoms with Crippen LogP contribution in [-0.2, 0) is 9.47 Å². The smallest absolute Gasteiger partial charge is 0.0615 e. The van der Waals surface area contributed by atoms with Gasteiger partial charge in [-0.1, -0.05) is 6.92 Å². The Bertz CT molecular complexity index is 92.9. The molecule has 0 amide bonds. The highest BCUT2D eigenvalue weighted by molar-refractivity contribution is 4.64. The van der Waals surface area contributed by atoms with Crippen molar-refractivity contribution >= 4 is 0 Å². The molecule has 0 aromatic carbocycles. The molecule has 0 aliphatic heterocycles. The van der Waals surface area contributed by atoms with Crippen molar-refractivity contribution in [3.8, 4) is 0 Å². The van der Waals surface area contributed by atoms with Crippen molar-refractivity contribution in [2.45, 2.75) is 32.7 Å². The SMILES string of the molecule is CCNC(CCCOCC)COC. The Morgan fingerprint density at radius 3 is 2.62 bits per heavy atom. The minimum Gasteiger partial charge on any atom is -0.383 e. The van der Waals surface area contributed by atoms with Crippen LogP contribution in [0.1, 0.15) is 26.7 Å². The van der Waals surface area contributed by atoms with Crippen molar-refractivity contribution in [2.24, 2.45) is 0 Å². The molecule has 0 aromatic rings. The van der Waals surface area contributed by atoms with Crippen LogP contribution < -0.4 is 5.32 Å². The summed E-state index contributed by atoms with van der Waals surface area (Å²) in [4.78, 5) is 0. The third kappa shape index (κ3) is 8.22. The van der Waals surface area contributed by atoms with E-state index in [0.29, 0.717) is 6.04 Å². The van der Waals surface area contributed by atoms with Crippen molar-refractivity contribution in [3.63, 3.8) is 0 Å². The number of hydrogen-bond acceptors (Lipinski definition) is 3. The Morgan fingerprint density at radius 2 is 2.08 bits per heavy atom. The minimum absolute atomic E-state index is 0.482. The first-order valence-electron chi connectivity index (χ1n) is 5.15. The van der Waals surface area contributed by atoms with Crippen LogP contribution >= 0.6 is 0 Å². The van der Waals surface area contributed by atoms with Gasteiger partial charge in [0.05, 0.1) is 6.61 Å². The first-order valence-corrected chi connectivity index (χ1v) is 5.15. The van der Waals surface area contributed by atoms with Gasteiger partial charge in [-0.3, -0.25) is 0 Å². The summed E-state index contributed by atoms with van der Waals surface area (Å²) in [5.41, 5.74) is 0. The number of rotatable bonds is 9. The fraction of sp³-hybridized carbons (Fsp3) is 1.00. The van der Waals surface area contributed by atoms with Crippen LogP contribution in [-0.4, -0.2) is 39.5 Å². The second kappa shape index (κ2) is 9.96. The number of ether oxygens (including phenoxy) is 2. The summed E-state index contributed by atoms with van der Waals surface area (Å²) in [5, 5.41) is 3.38. The lowest BCUT2D eigenvalue weighted by Gasteiger charge is -2.16. The van der Waals surface area contributed by atoms with E-state index in [1.807, 2.05) is 6.92 Å². The molecule has 3 heteroatoms. The summed E-state index contributed by atoms with van der Waals surface area (Å²) in [6.07, 6.45) is 2.23. The molecule has 0 aliphatic carbocycles. The van der Waals surface area contributed by atoms with E-state index in [2.05, 4.69) is 12.2 Å². The van der Waals surface area contributed by atoms with Crippen molar-refractivity contribution < 1.29 is 9.47 Å². The average Bonchev–Trinajstić information content (AvgIpc) is 2.13. The summed E-state index contributed by atoms with van der Waals surface area (Å²) < 4.78 is 10.4. The number of hydrogen-bond donors (Lipinski definition) is 1. The maximum Gasteiger partial charge on any atom is 0.0615 e. The largest absolute Gasteiger partial charge is 0.383 e. The summed E-state index contributed by atoms with van der Waals surface area (Å²) in [7, 11) is 1.74. The van der Waals surface area contributed by atoms with Gasteiger partial charge in [-0.25, -0.2) is 0 Å². The van der Waals surface area contributed by atoms with E-state index in [0.717, 1.165) is 39.2 Å². The van der Waals surface area contributed by atoms with Crippen LogP contribution in [0.4, 0.5) is 0 Å².